The van der Waals surface area contributed by atoms with E-state index in [0.29, 0.717) is 17.0 Å². The van der Waals surface area contributed by atoms with Crippen LogP contribution in [-0.2, 0) is 0 Å². The molecule has 0 spiro atoms. The number of anilines is 2. The summed E-state index contributed by atoms with van der Waals surface area (Å²) in [5, 5.41) is 14.7. The van der Waals surface area contributed by atoms with Crippen LogP contribution in [0.25, 0.3) is 10.9 Å². The van der Waals surface area contributed by atoms with E-state index in [1.54, 1.807) is 12.1 Å². The van der Waals surface area contributed by atoms with E-state index in [1.165, 1.54) is 12.1 Å². The molecule has 0 fully saturated rings. The normalized spacial score (nSPS) is 10.5. The third-order valence-corrected chi connectivity index (χ3v) is 3.06. The first-order valence-corrected chi connectivity index (χ1v) is 6.45. The van der Waals surface area contributed by atoms with Crippen LogP contribution in [0.5, 0.6) is 0 Å². The summed E-state index contributed by atoms with van der Waals surface area (Å²) in [5.41, 5.74) is 1.26. The van der Waals surface area contributed by atoms with Gasteiger partial charge in [-0.15, -0.1) is 0 Å². The van der Waals surface area contributed by atoms with Gasteiger partial charge < -0.3 is 5.32 Å². The van der Waals surface area contributed by atoms with Crippen LogP contribution in [0.15, 0.2) is 48.5 Å². The number of nitro groups is 1. The second-order valence-corrected chi connectivity index (χ2v) is 4.63. The number of hydrogen-bond acceptors (Lipinski definition) is 5. The van der Waals surface area contributed by atoms with Gasteiger partial charge in [0.1, 0.15) is 5.82 Å². The average molecular weight is 301 g/mol. The van der Waals surface area contributed by atoms with Gasteiger partial charge in [0.2, 0.25) is 5.28 Å². The van der Waals surface area contributed by atoms with Gasteiger partial charge in [-0.3, -0.25) is 10.1 Å². The first kappa shape index (κ1) is 13.3. The Kier molecular flexibility index (Phi) is 3.37. The molecule has 1 N–H and O–H groups in total. The molecule has 6 nitrogen and oxygen atoms in total. The highest BCUT2D eigenvalue weighted by atomic mass is 35.5. The molecular formula is C14H9ClN4O2. The Morgan fingerprint density at radius 3 is 2.71 bits per heavy atom. The van der Waals surface area contributed by atoms with E-state index in [-0.39, 0.29) is 11.0 Å². The molecule has 3 rings (SSSR count). The lowest BCUT2D eigenvalue weighted by molar-refractivity contribution is -0.384. The number of nitrogens with zero attached hydrogens (tertiary/aromatic N) is 3. The minimum absolute atomic E-state index is 0.00413. The fourth-order valence-corrected chi connectivity index (χ4v) is 2.15. The number of halogens is 1. The van der Waals surface area contributed by atoms with E-state index < -0.39 is 4.92 Å². The summed E-state index contributed by atoms with van der Waals surface area (Å²) in [4.78, 5) is 18.6. The van der Waals surface area contributed by atoms with Crippen LogP contribution in [0, 0.1) is 10.1 Å². The molecule has 0 amide bonds. The van der Waals surface area contributed by atoms with Gasteiger partial charge in [-0.25, -0.2) is 4.98 Å². The summed E-state index contributed by atoms with van der Waals surface area (Å²) in [6.07, 6.45) is 0. The predicted molar refractivity (Wildman–Crippen MR) is 80.9 cm³/mol. The van der Waals surface area contributed by atoms with Crippen LogP contribution in [-0.4, -0.2) is 14.9 Å². The first-order valence-electron chi connectivity index (χ1n) is 6.07. The zero-order valence-corrected chi connectivity index (χ0v) is 11.4. The fourth-order valence-electron chi connectivity index (χ4n) is 1.98. The molecule has 0 aliphatic rings. The Morgan fingerprint density at radius 2 is 1.90 bits per heavy atom. The highest BCUT2D eigenvalue weighted by Gasteiger charge is 2.09. The summed E-state index contributed by atoms with van der Waals surface area (Å²) in [6, 6.07) is 13.6. The topological polar surface area (TPSA) is 81.0 Å². The lowest BCUT2D eigenvalue weighted by Crippen LogP contribution is -1.98. The molecular weight excluding hydrogens is 292 g/mol. The summed E-state index contributed by atoms with van der Waals surface area (Å²) >= 11 is 5.90. The van der Waals surface area contributed by atoms with Gasteiger partial charge in [-0.05, 0) is 29.8 Å². The summed E-state index contributed by atoms with van der Waals surface area (Å²) in [7, 11) is 0. The van der Waals surface area contributed by atoms with E-state index >= 15 is 0 Å². The van der Waals surface area contributed by atoms with Crippen molar-refractivity contribution in [3.05, 3.63) is 63.9 Å². The zero-order valence-electron chi connectivity index (χ0n) is 10.7. The Labute approximate surface area is 124 Å². The average Bonchev–Trinajstić information content (AvgIpc) is 2.47. The number of fused-ring (bicyclic) bond motifs is 1. The third kappa shape index (κ3) is 2.75. The van der Waals surface area contributed by atoms with Crippen molar-refractivity contribution in [3.8, 4) is 0 Å². The number of rotatable bonds is 3. The highest BCUT2D eigenvalue weighted by Crippen LogP contribution is 2.26. The quantitative estimate of drug-likeness (QED) is 0.450. The molecule has 104 valence electrons. The number of benzene rings is 2. The largest absolute Gasteiger partial charge is 0.339 e. The smallest absolute Gasteiger partial charge is 0.271 e. The van der Waals surface area contributed by atoms with E-state index in [2.05, 4.69) is 15.3 Å². The minimum atomic E-state index is -0.448. The van der Waals surface area contributed by atoms with E-state index in [9.17, 15) is 10.1 Å². The molecule has 1 aromatic heterocycles. The maximum Gasteiger partial charge on any atom is 0.271 e. The molecule has 0 radical (unpaired) electrons. The van der Waals surface area contributed by atoms with Gasteiger partial charge in [-0.2, -0.15) is 4.98 Å². The van der Waals surface area contributed by atoms with Crippen molar-refractivity contribution in [2.75, 3.05) is 5.32 Å². The molecule has 0 bridgehead atoms. The molecule has 0 aliphatic heterocycles. The Balaban J connectivity index is 2.05. The Hall–Kier alpha value is -2.73. The van der Waals surface area contributed by atoms with Crippen molar-refractivity contribution in [1.29, 1.82) is 0 Å². The lowest BCUT2D eigenvalue weighted by Gasteiger charge is -2.08. The molecule has 3 aromatic rings. The number of nitro benzene ring substituents is 1. The van der Waals surface area contributed by atoms with Crippen molar-refractivity contribution in [2.24, 2.45) is 0 Å². The first-order chi connectivity index (χ1) is 10.1. The lowest BCUT2D eigenvalue weighted by atomic mass is 10.2. The Morgan fingerprint density at radius 1 is 1.10 bits per heavy atom. The molecule has 2 aromatic carbocycles. The molecule has 0 saturated heterocycles. The van der Waals surface area contributed by atoms with Crippen LogP contribution < -0.4 is 5.32 Å². The van der Waals surface area contributed by atoms with Crippen LogP contribution in [0.3, 0.4) is 0 Å². The van der Waals surface area contributed by atoms with Crippen molar-refractivity contribution in [1.82, 2.24) is 9.97 Å². The SMILES string of the molecule is O=[N+]([O-])c1cccc(Nc2nc(Cl)nc3ccccc23)c1. The number of non-ortho nitro benzene ring substituents is 1. The van der Waals surface area contributed by atoms with Crippen molar-refractivity contribution in [3.63, 3.8) is 0 Å². The molecule has 0 saturated carbocycles. The van der Waals surface area contributed by atoms with Crippen LogP contribution in [0.4, 0.5) is 17.2 Å². The fraction of sp³-hybridized carbons (Fsp3) is 0. The van der Waals surface area contributed by atoms with Crippen LogP contribution in [0.2, 0.25) is 5.28 Å². The van der Waals surface area contributed by atoms with Gasteiger partial charge in [0.15, 0.2) is 0 Å². The molecule has 0 aliphatic carbocycles. The standard InChI is InChI=1S/C14H9ClN4O2/c15-14-17-12-7-2-1-6-11(12)13(18-14)16-9-4-3-5-10(8-9)19(20)21/h1-8H,(H,16,17,18). The summed E-state index contributed by atoms with van der Waals surface area (Å²) < 4.78 is 0. The highest BCUT2D eigenvalue weighted by molar-refractivity contribution is 6.28. The van der Waals surface area contributed by atoms with Gasteiger partial charge in [0.25, 0.3) is 5.69 Å². The Bertz CT molecular complexity index is 838. The molecule has 0 atom stereocenters. The van der Waals surface area contributed by atoms with Crippen LogP contribution >= 0.6 is 11.6 Å². The van der Waals surface area contributed by atoms with Gasteiger partial charge in [-0.1, -0.05) is 18.2 Å². The molecule has 21 heavy (non-hydrogen) atoms. The van der Waals surface area contributed by atoms with E-state index in [1.807, 2.05) is 24.3 Å². The third-order valence-electron chi connectivity index (χ3n) is 2.90. The maximum absolute atomic E-state index is 10.8. The molecule has 0 unspecified atom stereocenters. The van der Waals surface area contributed by atoms with Gasteiger partial charge >= 0.3 is 0 Å². The predicted octanol–water partition coefficient (Wildman–Crippen LogP) is 3.94. The van der Waals surface area contributed by atoms with Crippen molar-refractivity contribution in [2.45, 2.75) is 0 Å². The number of nitrogens with one attached hydrogen (secondary N) is 1. The second-order valence-electron chi connectivity index (χ2n) is 4.29. The zero-order chi connectivity index (χ0) is 14.8. The van der Waals surface area contributed by atoms with Gasteiger partial charge in [0, 0.05) is 23.2 Å². The van der Waals surface area contributed by atoms with Crippen LogP contribution in [0.1, 0.15) is 0 Å². The number of para-hydroxylation sites is 1. The monoisotopic (exact) mass is 300 g/mol. The second kappa shape index (κ2) is 5.34. The minimum Gasteiger partial charge on any atom is -0.339 e. The van der Waals surface area contributed by atoms with E-state index in [0.717, 1.165) is 5.39 Å². The molecule has 1 heterocycles. The summed E-state index contributed by atoms with van der Waals surface area (Å²) in [6.45, 7) is 0. The molecule has 7 heteroatoms. The number of hydrogen-bond donors (Lipinski definition) is 1. The van der Waals surface area contributed by atoms with Crippen molar-refractivity contribution < 1.29 is 4.92 Å². The van der Waals surface area contributed by atoms with Crippen molar-refractivity contribution >= 4 is 39.7 Å². The van der Waals surface area contributed by atoms with Gasteiger partial charge in [0.05, 0.1) is 10.4 Å². The number of aromatic nitrogens is 2. The van der Waals surface area contributed by atoms with E-state index in [4.69, 9.17) is 11.6 Å². The maximum atomic E-state index is 10.8. The summed E-state index contributed by atoms with van der Waals surface area (Å²) in [5.74, 6) is 0.506.